The van der Waals surface area contributed by atoms with E-state index >= 15 is 0 Å². The first-order valence-electron chi connectivity index (χ1n) is 9.07. The summed E-state index contributed by atoms with van der Waals surface area (Å²) in [5.41, 5.74) is 2.76. The average molecular weight is 431 g/mol. The summed E-state index contributed by atoms with van der Waals surface area (Å²) in [6.45, 7) is 0. The Bertz CT molecular complexity index is 927. The minimum Gasteiger partial charge on any atom is -0.367 e. The van der Waals surface area contributed by atoms with E-state index in [0.717, 1.165) is 27.2 Å². The Morgan fingerprint density at radius 1 is 1.12 bits per heavy atom. The Hall–Kier alpha value is -1.78. The average Bonchev–Trinajstić information content (AvgIpc) is 3.01. The molecule has 0 spiro atoms. The molecule has 1 aromatic carbocycles. The molecule has 1 aliphatic carbocycles. The normalized spacial score (nSPS) is 16.2. The maximum atomic E-state index is 6.71. The van der Waals surface area contributed by atoms with Crippen LogP contribution in [0.25, 0.3) is 16.8 Å². The molecule has 1 fully saturated rings. The highest BCUT2D eigenvalue weighted by atomic mass is 79.9. The zero-order valence-corrected chi connectivity index (χ0v) is 16.8. The van der Waals surface area contributed by atoms with E-state index in [1.165, 1.54) is 32.1 Å². The lowest BCUT2D eigenvalue weighted by atomic mass is 9.95. The van der Waals surface area contributed by atoms with Gasteiger partial charge < -0.3 is 5.32 Å². The minimum atomic E-state index is 0.475. The Balaban J connectivity index is 1.77. The van der Waals surface area contributed by atoms with E-state index in [0.29, 0.717) is 11.1 Å². The van der Waals surface area contributed by atoms with Gasteiger partial charge in [0.1, 0.15) is 17.2 Å². The van der Waals surface area contributed by atoms with Crippen molar-refractivity contribution in [1.29, 1.82) is 0 Å². The summed E-state index contributed by atoms with van der Waals surface area (Å²) in [5, 5.41) is 4.37. The first-order valence-corrected chi connectivity index (χ1v) is 10.2. The summed E-state index contributed by atoms with van der Waals surface area (Å²) in [4.78, 5) is 4.79. The van der Waals surface area contributed by atoms with Gasteiger partial charge in [0.05, 0.1) is 5.03 Å². The van der Waals surface area contributed by atoms with Crippen LogP contribution in [0.4, 0.5) is 5.82 Å². The lowest BCUT2D eigenvalue weighted by Crippen LogP contribution is -2.23. The van der Waals surface area contributed by atoms with E-state index in [1.54, 1.807) is 0 Å². The number of imidazole rings is 1. The quantitative estimate of drug-likeness (QED) is 0.506. The molecule has 0 radical (unpaired) electrons. The van der Waals surface area contributed by atoms with Crippen LogP contribution in [0.2, 0.25) is 0 Å². The van der Waals surface area contributed by atoms with Gasteiger partial charge in [0.15, 0.2) is 0 Å². The largest absolute Gasteiger partial charge is 0.367 e. The molecular formula is C21H21BrClN3. The summed E-state index contributed by atoms with van der Waals surface area (Å²) in [5.74, 6) is 0.977. The van der Waals surface area contributed by atoms with Crippen LogP contribution in [-0.4, -0.2) is 15.4 Å². The molecule has 0 aliphatic heterocycles. The third kappa shape index (κ3) is 3.81. The number of hydrogen-bond acceptors (Lipinski definition) is 2. The molecule has 3 nitrogen and oxygen atoms in total. The van der Waals surface area contributed by atoms with E-state index in [9.17, 15) is 0 Å². The molecule has 1 aliphatic rings. The number of aromatic nitrogens is 2. The van der Waals surface area contributed by atoms with Crippen LogP contribution in [-0.2, 0) is 0 Å². The second kappa shape index (κ2) is 7.85. The number of rotatable bonds is 4. The van der Waals surface area contributed by atoms with Gasteiger partial charge in [-0.25, -0.2) is 4.98 Å². The lowest BCUT2D eigenvalue weighted by molar-refractivity contribution is 0.461. The molecule has 1 saturated carbocycles. The number of nitrogens with zero attached hydrogens (tertiary/aromatic N) is 2. The fourth-order valence-electron chi connectivity index (χ4n) is 3.53. The van der Waals surface area contributed by atoms with E-state index < -0.39 is 0 Å². The van der Waals surface area contributed by atoms with E-state index in [4.69, 9.17) is 16.6 Å². The van der Waals surface area contributed by atoms with Crippen molar-refractivity contribution in [2.24, 2.45) is 0 Å². The standard InChI is InChI=1S/C21H21BrClN3/c22-16-11-12-19-25-20(18(23)13-15-7-3-1-4-8-15)21(26(19)14-16)24-17-9-5-2-6-10-17/h1,3-4,7-8,11-14,17,24H,2,5-6,9-10H2/b18-13-. The number of pyridine rings is 1. The highest BCUT2D eigenvalue weighted by molar-refractivity contribution is 9.10. The van der Waals surface area contributed by atoms with Crippen molar-refractivity contribution in [3.63, 3.8) is 0 Å². The van der Waals surface area contributed by atoms with E-state index in [2.05, 4.69) is 25.6 Å². The predicted molar refractivity (Wildman–Crippen MR) is 114 cm³/mol. The minimum absolute atomic E-state index is 0.475. The van der Waals surface area contributed by atoms with E-state index in [-0.39, 0.29) is 0 Å². The zero-order chi connectivity index (χ0) is 17.9. The van der Waals surface area contributed by atoms with Crippen molar-refractivity contribution in [1.82, 2.24) is 9.38 Å². The van der Waals surface area contributed by atoms with Crippen LogP contribution < -0.4 is 5.32 Å². The molecule has 3 aromatic rings. The third-order valence-corrected chi connectivity index (χ3v) is 5.60. The fraction of sp³-hybridized carbons (Fsp3) is 0.286. The molecule has 0 bridgehead atoms. The summed E-state index contributed by atoms with van der Waals surface area (Å²) in [6.07, 6.45) is 10.3. The maximum Gasteiger partial charge on any atom is 0.140 e. The van der Waals surface area contributed by atoms with Gasteiger partial charge >= 0.3 is 0 Å². The van der Waals surface area contributed by atoms with Crippen molar-refractivity contribution in [2.75, 3.05) is 5.32 Å². The highest BCUT2D eigenvalue weighted by Gasteiger charge is 2.20. The number of benzene rings is 1. The van der Waals surface area contributed by atoms with Gasteiger partial charge in [-0.2, -0.15) is 0 Å². The van der Waals surface area contributed by atoms with Crippen molar-refractivity contribution in [3.8, 4) is 0 Å². The van der Waals surface area contributed by atoms with Gasteiger partial charge in [0.25, 0.3) is 0 Å². The predicted octanol–water partition coefficient (Wildman–Crippen LogP) is 6.58. The molecule has 2 aromatic heterocycles. The van der Waals surface area contributed by atoms with Crippen LogP contribution in [0.1, 0.15) is 43.4 Å². The molecule has 5 heteroatoms. The number of fused-ring (bicyclic) bond motifs is 1. The fourth-order valence-corrected chi connectivity index (χ4v) is 4.12. The smallest absolute Gasteiger partial charge is 0.140 e. The highest BCUT2D eigenvalue weighted by Crippen LogP contribution is 2.32. The van der Waals surface area contributed by atoms with Crippen LogP contribution in [0.3, 0.4) is 0 Å². The van der Waals surface area contributed by atoms with Gasteiger partial charge in [-0.1, -0.05) is 61.2 Å². The van der Waals surface area contributed by atoms with Crippen molar-refractivity contribution < 1.29 is 0 Å². The molecule has 2 heterocycles. The molecule has 134 valence electrons. The second-order valence-corrected chi connectivity index (χ2v) is 8.09. The molecule has 4 rings (SSSR count). The Morgan fingerprint density at radius 2 is 1.88 bits per heavy atom. The SMILES string of the molecule is Cl/C(=C\c1ccccc1)c1nc2ccc(Br)cn2c1NC1CCCCC1. The van der Waals surface area contributed by atoms with Gasteiger partial charge in [0.2, 0.25) is 0 Å². The van der Waals surface area contributed by atoms with Crippen LogP contribution in [0.15, 0.2) is 53.1 Å². The molecule has 26 heavy (non-hydrogen) atoms. The van der Waals surface area contributed by atoms with Gasteiger partial charge in [0, 0.05) is 16.7 Å². The summed E-state index contributed by atoms with van der Waals surface area (Å²) in [7, 11) is 0. The first kappa shape index (κ1) is 17.6. The Morgan fingerprint density at radius 3 is 2.65 bits per heavy atom. The lowest BCUT2D eigenvalue weighted by Gasteiger charge is -2.24. The topological polar surface area (TPSA) is 29.3 Å². The number of halogens is 2. The van der Waals surface area contributed by atoms with Crippen LogP contribution in [0.5, 0.6) is 0 Å². The van der Waals surface area contributed by atoms with Gasteiger partial charge in [-0.15, -0.1) is 0 Å². The van der Waals surface area contributed by atoms with Crippen molar-refractivity contribution in [3.05, 3.63) is 64.4 Å². The van der Waals surface area contributed by atoms with Crippen LogP contribution >= 0.6 is 27.5 Å². The first-order chi connectivity index (χ1) is 12.7. The molecule has 0 saturated heterocycles. The molecular weight excluding hydrogens is 410 g/mol. The summed E-state index contributed by atoms with van der Waals surface area (Å²) >= 11 is 10.3. The maximum absolute atomic E-state index is 6.71. The third-order valence-electron chi connectivity index (χ3n) is 4.85. The monoisotopic (exact) mass is 429 g/mol. The second-order valence-electron chi connectivity index (χ2n) is 6.77. The van der Waals surface area contributed by atoms with Crippen molar-refractivity contribution in [2.45, 2.75) is 38.1 Å². The molecule has 0 amide bonds. The Labute approximate surface area is 167 Å². The van der Waals surface area contributed by atoms with Crippen LogP contribution in [0, 0.1) is 0 Å². The number of nitrogens with one attached hydrogen (secondary N) is 1. The van der Waals surface area contributed by atoms with E-state index in [1.807, 2.05) is 54.7 Å². The molecule has 1 N–H and O–H groups in total. The molecule has 0 atom stereocenters. The molecule has 0 unspecified atom stereocenters. The number of anilines is 1. The van der Waals surface area contributed by atoms with Gasteiger partial charge in [-0.05, 0) is 52.5 Å². The number of hydrogen-bond donors (Lipinski definition) is 1. The summed E-state index contributed by atoms with van der Waals surface area (Å²) < 4.78 is 3.11. The Kier molecular flexibility index (Phi) is 5.32. The zero-order valence-electron chi connectivity index (χ0n) is 14.5. The van der Waals surface area contributed by atoms with Crippen molar-refractivity contribution >= 4 is 50.1 Å². The summed E-state index contributed by atoms with van der Waals surface area (Å²) in [6, 6.07) is 14.6. The van der Waals surface area contributed by atoms with Gasteiger partial charge in [-0.3, -0.25) is 4.40 Å².